The van der Waals surface area contributed by atoms with Crippen LogP contribution >= 0.6 is 0 Å². The van der Waals surface area contributed by atoms with Gasteiger partial charge in [0.25, 0.3) is 5.91 Å². The van der Waals surface area contributed by atoms with Crippen molar-refractivity contribution in [2.75, 3.05) is 18.4 Å². The maximum absolute atomic E-state index is 12.5. The Labute approximate surface area is 174 Å². The molecule has 1 aromatic rings. The zero-order chi connectivity index (χ0) is 21.7. The van der Waals surface area contributed by atoms with Gasteiger partial charge >= 0.3 is 0 Å². The van der Waals surface area contributed by atoms with Gasteiger partial charge in [0.15, 0.2) is 0 Å². The van der Waals surface area contributed by atoms with Crippen molar-refractivity contribution in [3.05, 3.63) is 29.8 Å². The Morgan fingerprint density at radius 2 is 1.63 bits per heavy atom. The summed E-state index contributed by atoms with van der Waals surface area (Å²) in [7, 11) is 0. The number of carbonyl (C=O) groups is 5. The van der Waals surface area contributed by atoms with Gasteiger partial charge in [-0.15, -0.1) is 0 Å². The predicted octanol–water partition coefficient (Wildman–Crippen LogP) is 0.796. The largest absolute Gasteiger partial charge is 0.370 e. The van der Waals surface area contributed by atoms with Gasteiger partial charge in [0.2, 0.25) is 23.6 Å². The summed E-state index contributed by atoms with van der Waals surface area (Å²) in [5.41, 5.74) is 5.61. The number of likely N-dealkylation sites (tertiary alicyclic amines) is 1. The van der Waals surface area contributed by atoms with Crippen LogP contribution in [-0.2, 0) is 19.2 Å². The number of imide groups is 1. The minimum Gasteiger partial charge on any atom is -0.370 e. The quantitative estimate of drug-likeness (QED) is 0.540. The molecule has 2 unspecified atom stereocenters. The van der Waals surface area contributed by atoms with Crippen molar-refractivity contribution in [1.29, 1.82) is 0 Å². The van der Waals surface area contributed by atoms with Crippen LogP contribution in [0.4, 0.5) is 5.69 Å². The van der Waals surface area contributed by atoms with Gasteiger partial charge in [-0.05, 0) is 25.0 Å². The zero-order valence-electron chi connectivity index (χ0n) is 16.7. The molecule has 1 aromatic carbocycles. The van der Waals surface area contributed by atoms with Crippen LogP contribution in [0.25, 0.3) is 0 Å². The Balaban J connectivity index is 1.56. The Bertz CT molecular complexity index is 845. The predicted molar refractivity (Wildman–Crippen MR) is 108 cm³/mol. The maximum Gasteiger partial charge on any atom is 0.253 e. The molecule has 30 heavy (non-hydrogen) atoms. The van der Waals surface area contributed by atoms with E-state index in [1.807, 2.05) is 0 Å². The highest BCUT2D eigenvalue weighted by molar-refractivity contribution is 6.06. The Morgan fingerprint density at radius 3 is 2.27 bits per heavy atom. The number of fused-ring (bicyclic) bond motifs is 1. The van der Waals surface area contributed by atoms with Crippen molar-refractivity contribution in [3.63, 3.8) is 0 Å². The van der Waals surface area contributed by atoms with Gasteiger partial charge in [-0.25, -0.2) is 0 Å². The molecule has 1 saturated heterocycles. The summed E-state index contributed by atoms with van der Waals surface area (Å²) >= 11 is 0. The van der Waals surface area contributed by atoms with Crippen molar-refractivity contribution in [2.45, 2.75) is 38.5 Å². The summed E-state index contributed by atoms with van der Waals surface area (Å²) in [5, 5.41) is 5.24. The fraction of sp³-hybridized carbons (Fsp3) is 0.476. The number of benzene rings is 1. The average molecular weight is 414 g/mol. The fourth-order valence-corrected chi connectivity index (χ4v) is 4.06. The van der Waals surface area contributed by atoms with Gasteiger partial charge in [0.1, 0.15) is 0 Å². The highest BCUT2D eigenvalue weighted by Crippen LogP contribution is 2.37. The van der Waals surface area contributed by atoms with Gasteiger partial charge in [0, 0.05) is 25.9 Å². The van der Waals surface area contributed by atoms with E-state index in [0.29, 0.717) is 5.69 Å². The van der Waals surface area contributed by atoms with Crippen LogP contribution in [0.3, 0.4) is 0 Å². The molecule has 1 saturated carbocycles. The van der Waals surface area contributed by atoms with Gasteiger partial charge in [-0.2, -0.15) is 0 Å². The number of primary amides is 1. The lowest BCUT2D eigenvalue weighted by Gasteiger charge is -2.19. The molecule has 3 rings (SSSR count). The van der Waals surface area contributed by atoms with Crippen molar-refractivity contribution >= 4 is 35.2 Å². The van der Waals surface area contributed by atoms with Crippen LogP contribution in [0, 0.1) is 11.8 Å². The van der Waals surface area contributed by atoms with E-state index in [9.17, 15) is 24.0 Å². The Morgan fingerprint density at radius 1 is 1.00 bits per heavy atom. The molecular weight excluding hydrogens is 388 g/mol. The summed E-state index contributed by atoms with van der Waals surface area (Å²) in [6, 6.07) is 6.46. The third kappa shape index (κ3) is 4.84. The second-order valence-electron chi connectivity index (χ2n) is 7.64. The van der Waals surface area contributed by atoms with E-state index in [2.05, 4.69) is 10.6 Å². The van der Waals surface area contributed by atoms with Crippen LogP contribution in [0.1, 0.15) is 48.9 Å². The summed E-state index contributed by atoms with van der Waals surface area (Å²) in [6.07, 6.45) is 3.33. The summed E-state index contributed by atoms with van der Waals surface area (Å²) in [6.45, 7) is 0.126. The van der Waals surface area contributed by atoms with E-state index in [1.54, 1.807) is 24.3 Å². The number of nitrogens with one attached hydrogen (secondary N) is 2. The molecule has 1 heterocycles. The number of hydrogen-bond donors (Lipinski definition) is 3. The highest BCUT2D eigenvalue weighted by atomic mass is 16.2. The third-order valence-corrected chi connectivity index (χ3v) is 5.60. The van der Waals surface area contributed by atoms with Crippen molar-refractivity contribution in [3.8, 4) is 0 Å². The molecule has 2 fully saturated rings. The van der Waals surface area contributed by atoms with E-state index in [1.165, 1.54) is 4.90 Å². The van der Waals surface area contributed by atoms with Crippen LogP contribution < -0.4 is 16.4 Å². The summed E-state index contributed by atoms with van der Waals surface area (Å²) in [4.78, 5) is 61.7. The first-order chi connectivity index (χ1) is 14.4. The molecule has 1 aliphatic carbocycles. The van der Waals surface area contributed by atoms with Crippen molar-refractivity contribution in [2.24, 2.45) is 17.6 Å². The lowest BCUT2D eigenvalue weighted by molar-refractivity contribution is -0.140. The monoisotopic (exact) mass is 414 g/mol. The molecule has 0 bridgehead atoms. The Hall–Kier alpha value is -3.23. The smallest absolute Gasteiger partial charge is 0.253 e. The molecule has 2 aliphatic rings. The van der Waals surface area contributed by atoms with Crippen LogP contribution in [0.15, 0.2) is 24.3 Å². The third-order valence-electron chi connectivity index (χ3n) is 5.60. The number of nitrogens with two attached hydrogens (primary N) is 1. The average Bonchev–Trinajstić information content (AvgIpc) is 2.97. The Kier molecular flexibility index (Phi) is 6.81. The summed E-state index contributed by atoms with van der Waals surface area (Å²) < 4.78 is 0. The number of amides is 5. The molecule has 0 aromatic heterocycles. The number of rotatable bonds is 8. The number of hydrogen-bond acceptors (Lipinski definition) is 5. The number of anilines is 1. The first kappa shape index (κ1) is 21.5. The molecular formula is C21H26N4O5. The number of para-hydroxylation sites is 1. The van der Waals surface area contributed by atoms with E-state index in [0.717, 1.165) is 25.7 Å². The van der Waals surface area contributed by atoms with Crippen molar-refractivity contribution in [1.82, 2.24) is 10.2 Å². The molecule has 5 amide bonds. The fourth-order valence-electron chi connectivity index (χ4n) is 4.06. The molecule has 1 aliphatic heterocycles. The number of carbonyl (C=O) groups excluding carboxylic acids is 5. The van der Waals surface area contributed by atoms with E-state index in [-0.39, 0.29) is 55.1 Å². The van der Waals surface area contributed by atoms with Crippen LogP contribution in [-0.4, -0.2) is 47.5 Å². The standard InChI is InChI=1S/C21H26N4O5/c22-17(26)9-11-23-19(28)15-7-3-4-8-16(15)24-18(27)10-12-25-20(29)13-5-1-2-6-14(13)21(25)30/h3-4,7-8,13-14H,1-2,5-6,9-12H2,(H2,22,26)(H,23,28)(H,24,27). The SMILES string of the molecule is NC(=O)CCNC(=O)c1ccccc1NC(=O)CCN1C(=O)C2CCCCC2C1=O. The lowest BCUT2D eigenvalue weighted by atomic mass is 9.81. The van der Waals surface area contributed by atoms with Gasteiger partial charge in [0.05, 0.1) is 23.1 Å². The molecule has 4 N–H and O–H groups in total. The topological polar surface area (TPSA) is 139 Å². The van der Waals surface area contributed by atoms with Crippen molar-refractivity contribution < 1.29 is 24.0 Å². The van der Waals surface area contributed by atoms with E-state index >= 15 is 0 Å². The number of nitrogens with zero attached hydrogens (tertiary/aromatic N) is 1. The van der Waals surface area contributed by atoms with E-state index < -0.39 is 17.7 Å². The normalized spacial score (nSPS) is 20.6. The van der Waals surface area contributed by atoms with Crippen LogP contribution in [0.5, 0.6) is 0 Å². The second-order valence-corrected chi connectivity index (χ2v) is 7.64. The van der Waals surface area contributed by atoms with E-state index in [4.69, 9.17) is 5.73 Å². The maximum atomic E-state index is 12.5. The van der Waals surface area contributed by atoms with Gasteiger partial charge in [-0.1, -0.05) is 25.0 Å². The van der Waals surface area contributed by atoms with Gasteiger partial charge in [-0.3, -0.25) is 28.9 Å². The molecule has 0 spiro atoms. The summed E-state index contributed by atoms with van der Waals surface area (Å²) in [5.74, 6) is -2.19. The first-order valence-electron chi connectivity index (χ1n) is 10.2. The molecule has 9 heteroatoms. The van der Waals surface area contributed by atoms with Crippen LogP contribution in [0.2, 0.25) is 0 Å². The molecule has 9 nitrogen and oxygen atoms in total. The first-order valence-corrected chi connectivity index (χ1v) is 10.2. The lowest BCUT2D eigenvalue weighted by Crippen LogP contribution is -2.34. The minimum absolute atomic E-state index is 0.0140. The van der Waals surface area contributed by atoms with Gasteiger partial charge < -0.3 is 16.4 Å². The molecule has 160 valence electrons. The highest BCUT2D eigenvalue weighted by Gasteiger charge is 2.47. The minimum atomic E-state index is -0.525. The zero-order valence-corrected chi connectivity index (χ0v) is 16.7. The molecule has 0 radical (unpaired) electrons. The second kappa shape index (κ2) is 9.51. The molecule has 2 atom stereocenters.